The summed E-state index contributed by atoms with van der Waals surface area (Å²) in [6.45, 7) is 6.74. The van der Waals surface area contributed by atoms with Crippen LogP contribution in [0.5, 0.6) is 11.5 Å². The molecule has 0 amide bonds. The molecular formula is C15H25NO3. The van der Waals surface area contributed by atoms with Crippen LogP contribution in [0.4, 0.5) is 0 Å². The van der Waals surface area contributed by atoms with Gasteiger partial charge in [-0.15, -0.1) is 0 Å². The molecule has 4 heteroatoms. The van der Waals surface area contributed by atoms with Crippen molar-refractivity contribution in [1.29, 1.82) is 0 Å². The fourth-order valence-electron chi connectivity index (χ4n) is 1.71. The first kappa shape index (κ1) is 15.8. The van der Waals surface area contributed by atoms with E-state index in [9.17, 15) is 0 Å². The second-order valence-electron chi connectivity index (χ2n) is 5.41. The van der Waals surface area contributed by atoms with Crippen molar-refractivity contribution < 1.29 is 14.2 Å². The maximum absolute atomic E-state index is 5.84. The summed E-state index contributed by atoms with van der Waals surface area (Å²) >= 11 is 0. The summed E-state index contributed by atoms with van der Waals surface area (Å²) in [4.78, 5) is 0. The molecule has 1 rings (SSSR count). The monoisotopic (exact) mass is 267 g/mol. The van der Waals surface area contributed by atoms with Crippen LogP contribution in [-0.4, -0.2) is 33.5 Å². The second kappa shape index (κ2) is 6.78. The van der Waals surface area contributed by atoms with Gasteiger partial charge in [0.2, 0.25) is 0 Å². The molecule has 108 valence electrons. The van der Waals surface area contributed by atoms with Gasteiger partial charge in [-0.25, -0.2) is 0 Å². The highest BCUT2D eigenvalue weighted by atomic mass is 16.5. The number of ether oxygens (including phenoxy) is 3. The van der Waals surface area contributed by atoms with E-state index in [0.29, 0.717) is 6.61 Å². The predicted molar refractivity (Wildman–Crippen MR) is 77.1 cm³/mol. The molecule has 0 aliphatic carbocycles. The SMILES string of the molecule is CNC(COC(C)(C)C)c1cc(OC)cc(OC)c1. The third-order valence-corrected chi connectivity index (χ3v) is 2.81. The number of likely N-dealkylation sites (N-methyl/N-ethyl adjacent to an activating group) is 1. The van der Waals surface area contributed by atoms with Crippen molar-refractivity contribution in [2.24, 2.45) is 0 Å². The largest absolute Gasteiger partial charge is 0.497 e. The van der Waals surface area contributed by atoms with E-state index >= 15 is 0 Å². The molecule has 0 saturated carbocycles. The van der Waals surface area contributed by atoms with Gasteiger partial charge in [0.15, 0.2) is 0 Å². The minimum atomic E-state index is -0.155. The van der Waals surface area contributed by atoms with Crippen molar-refractivity contribution in [2.75, 3.05) is 27.9 Å². The minimum Gasteiger partial charge on any atom is -0.497 e. The first-order chi connectivity index (χ1) is 8.89. The molecule has 0 aromatic heterocycles. The molecule has 0 bridgehead atoms. The zero-order valence-corrected chi connectivity index (χ0v) is 12.7. The van der Waals surface area contributed by atoms with Crippen molar-refractivity contribution in [3.05, 3.63) is 23.8 Å². The van der Waals surface area contributed by atoms with Crippen LogP contribution >= 0.6 is 0 Å². The number of methoxy groups -OCH3 is 2. The molecule has 1 N–H and O–H groups in total. The van der Waals surface area contributed by atoms with Crippen molar-refractivity contribution in [1.82, 2.24) is 5.32 Å². The van der Waals surface area contributed by atoms with E-state index in [1.54, 1.807) is 14.2 Å². The number of nitrogens with one attached hydrogen (secondary N) is 1. The van der Waals surface area contributed by atoms with Crippen LogP contribution in [0.1, 0.15) is 32.4 Å². The lowest BCUT2D eigenvalue weighted by Gasteiger charge is -2.25. The van der Waals surface area contributed by atoms with E-state index in [1.807, 2.05) is 46.0 Å². The molecule has 1 atom stereocenters. The molecular weight excluding hydrogens is 242 g/mol. The van der Waals surface area contributed by atoms with E-state index in [1.165, 1.54) is 0 Å². The quantitative estimate of drug-likeness (QED) is 0.860. The summed E-state index contributed by atoms with van der Waals surface area (Å²) in [6, 6.07) is 5.95. The van der Waals surface area contributed by atoms with Gasteiger partial charge < -0.3 is 19.5 Å². The van der Waals surface area contributed by atoms with Gasteiger partial charge in [-0.1, -0.05) is 0 Å². The summed E-state index contributed by atoms with van der Waals surface area (Å²) in [7, 11) is 5.22. The second-order valence-corrected chi connectivity index (χ2v) is 5.41. The van der Waals surface area contributed by atoms with Gasteiger partial charge in [0, 0.05) is 6.07 Å². The lowest BCUT2D eigenvalue weighted by molar-refractivity contribution is -0.0139. The molecule has 0 saturated heterocycles. The van der Waals surface area contributed by atoms with Gasteiger partial charge in [0.1, 0.15) is 11.5 Å². The normalized spacial score (nSPS) is 13.2. The van der Waals surface area contributed by atoms with E-state index in [4.69, 9.17) is 14.2 Å². The van der Waals surface area contributed by atoms with E-state index in [2.05, 4.69) is 5.32 Å². The average molecular weight is 267 g/mol. The molecule has 4 nitrogen and oxygen atoms in total. The highest BCUT2D eigenvalue weighted by Gasteiger charge is 2.17. The lowest BCUT2D eigenvalue weighted by Crippen LogP contribution is -2.28. The average Bonchev–Trinajstić information content (AvgIpc) is 2.37. The van der Waals surface area contributed by atoms with Crippen LogP contribution in [0, 0.1) is 0 Å². The Morgan fingerprint density at radius 1 is 1.05 bits per heavy atom. The fourth-order valence-corrected chi connectivity index (χ4v) is 1.71. The first-order valence-corrected chi connectivity index (χ1v) is 6.44. The number of rotatable bonds is 6. The maximum atomic E-state index is 5.84. The molecule has 0 aliphatic rings. The highest BCUT2D eigenvalue weighted by Crippen LogP contribution is 2.27. The smallest absolute Gasteiger partial charge is 0.122 e. The number of hydrogen-bond donors (Lipinski definition) is 1. The minimum absolute atomic E-state index is 0.100. The Bertz CT molecular complexity index is 377. The molecule has 1 unspecified atom stereocenters. The summed E-state index contributed by atoms with van der Waals surface area (Å²) in [5, 5.41) is 3.26. The Morgan fingerprint density at radius 3 is 1.95 bits per heavy atom. The summed E-state index contributed by atoms with van der Waals surface area (Å²) in [5.74, 6) is 1.57. The van der Waals surface area contributed by atoms with Crippen LogP contribution in [0.3, 0.4) is 0 Å². The van der Waals surface area contributed by atoms with Crippen LogP contribution < -0.4 is 14.8 Å². The molecule has 1 aromatic rings. The predicted octanol–water partition coefficient (Wildman–Crippen LogP) is 2.78. The Labute approximate surface area is 116 Å². The lowest BCUT2D eigenvalue weighted by atomic mass is 10.1. The molecule has 0 spiro atoms. The maximum Gasteiger partial charge on any atom is 0.122 e. The molecule has 0 fully saturated rings. The highest BCUT2D eigenvalue weighted by molar-refractivity contribution is 5.39. The third kappa shape index (κ3) is 5.09. The zero-order valence-electron chi connectivity index (χ0n) is 12.7. The van der Waals surface area contributed by atoms with Gasteiger partial charge >= 0.3 is 0 Å². The van der Waals surface area contributed by atoms with Crippen molar-refractivity contribution >= 4 is 0 Å². The van der Waals surface area contributed by atoms with Gasteiger partial charge in [-0.05, 0) is 45.5 Å². The summed E-state index contributed by atoms with van der Waals surface area (Å²) in [5.41, 5.74) is 0.931. The number of hydrogen-bond acceptors (Lipinski definition) is 4. The molecule has 0 radical (unpaired) electrons. The van der Waals surface area contributed by atoms with Gasteiger partial charge in [0.25, 0.3) is 0 Å². The Kier molecular flexibility index (Phi) is 5.63. The third-order valence-electron chi connectivity index (χ3n) is 2.81. The van der Waals surface area contributed by atoms with Crippen molar-refractivity contribution in [3.8, 4) is 11.5 Å². The standard InChI is InChI=1S/C15H25NO3/c1-15(2,3)19-10-14(16-4)11-7-12(17-5)9-13(8-11)18-6/h7-9,14,16H,10H2,1-6H3. The van der Waals surface area contributed by atoms with Crippen LogP contribution in [0.15, 0.2) is 18.2 Å². The molecule has 0 heterocycles. The fraction of sp³-hybridized carbons (Fsp3) is 0.600. The number of benzene rings is 1. The zero-order chi connectivity index (χ0) is 14.5. The molecule has 0 aliphatic heterocycles. The van der Waals surface area contributed by atoms with E-state index < -0.39 is 0 Å². The van der Waals surface area contributed by atoms with Crippen LogP contribution in [0.25, 0.3) is 0 Å². The summed E-state index contributed by atoms with van der Waals surface area (Å²) in [6.07, 6.45) is 0. The Morgan fingerprint density at radius 2 is 1.58 bits per heavy atom. The van der Waals surface area contributed by atoms with Gasteiger partial charge in [0.05, 0.1) is 32.5 Å². The summed E-state index contributed by atoms with van der Waals surface area (Å²) < 4.78 is 16.4. The van der Waals surface area contributed by atoms with Crippen molar-refractivity contribution in [2.45, 2.75) is 32.4 Å². The van der Waals surface area contributed by atoms with E-state index in [-0.39, 0.29) is 11.6 Å². The molecule has 1 aromatic carbocycles. The first-order valence-electron chi connectivity index (χ1n) is 6.44. The topological polar surface area (TPSA) is 39.7 Å². The molecule has 19 heavy (non-hydrogen) atoms. The van der Waals surface area contributed by atoms with Gasteiger partial charge in [-0.3, -0.25) is 0 Å². The van der Waals surface area contributed by atoms with E-state index in [0.717, 1.165) is 17.1 Å². The van der Waals surface area contributed by atoms with Crippen molar-refractivity contribution in [3.63, 3.8) is 0 Å². The Balaban J connectivity index is 2.90. The van der Waals surface area contributed by atoms with Gasteiger partial charge in [-0.2, -0.15) is 0 Å². The van der Waals surface area contributed by atoms with Crippen LogP contribution in [0.2, 0.25) is 0 Å². The Hall–Kier alpha value is -1.26. The van der Waals surface area contributed by atoms with Crippen LogP contribution in [-0.2, 0) is 4.74 Å².